The summed E-state index contributed by atoms with van der Waals surface area (Å²) in [5, 5.41) is 4.80. The average molecular weight is 421 g/mol. The summed E-state index contributed by atoms with van der Waals surface area (Å²) in [5.41, 5.74) is 3.64. The summed E-state index contributed by atoms with van der Waals surface area (Å²) in [7, 11) is -3.50. The van der Waals surface area contributed by atoms with E-state index in [9.17, 15) is 13.2 Å². The van der Waals surface area contributed by atoms with E-state index in [1.165, 1.54) is 26.8 Å². The number of nitrogens with zero attached hydrogens (tertiary/aromatic N) is 1. The third-order valence-electron chi connectivity index (χ3n) is 5.36. The van der Waals surface area contributed by atoms with Gasteiger partial charge in [-0.05, 0) is 53.8 Å². The fourth-order valence-corrected chi connectivity index (χ4v) is 6.32. The van der Waals surface area contributed by atoms with E-state index in [4.69, 9.17) is 0 Å². The Morgan fingerprint density at radius 1 is 1.21 bits per heavy atom. The van der Waals surface area contributed by atoms with Crippen LogP contribution < -0.4 is 5.32 Å². The molecule has 28 heavy (non-hydrogen) atoms. The molecule has 1 atom stereocenters. The summed E-state index contributed by atoms with van der Waals surface area (Å²) in [6, 6.07) is 9.79. The van der Waals surface area contributed by atoms with Gasteiger partial charge in [0.2, 0.25) is 5.91 Å². The molecule has 1 amide bonds. The van der Waals surface area contributed by atoms with Crippen molar-refractivity contribution in [2.24, 2.45) is 5.92 Å². The minimum atomic E-state index is -3.50. The lowest BCUT2D eigenvalue weighted by Gasteiger charge is -2.30. The summed E-state index contributed by atoms with van der Waals surface area (Å²) < 4.78 is 27.3. The zero-order valence-electron chi connectivity index (χ0n) is 16.5. The number of benzene rings is 1. The van der Waals surface area contributed by atoms with Crippen LogP contribution in [0.5, 0.6) is 0 Å². The van der Waals surface area contributed by atoms with Gasteiger partial charge in [-0.2, -0.15) is 4.31 Å². The molecule has 0 radical (unpaired) electrons. The van der Waals surface area contributed by atoms with Crippen molar-refractivity contribution in [1.82, 2.24) is 9.62 Å². The topological polar surface area (TPSA) is 66.5 Å². The number of hydrogen-bond acceptors (Lipinski definition) is 4. The lowest BCUT2D eigenvalue weighted by Crippen LogP contribution is -2.45. The summed E-state index contributed by atoms with van der Waals surface area (Å²) >= 11 is 1.22. The second kappa shape index (κ2) is 9.20. The number of aryl methyl sites for hydroxylation is 2. The number of amides is 1. The van der Waals surface area contributed by atoms with Crippen molar-refractivity contribution in [3.8, 4) is 0 Å². The van der Waals surface area contributed by atoms with Crippen LogP contribution in [-0.2, 0) is 34.2 Å². The lowest BCUT2D eigenvalue weighted by molar-refractivity contribution is -0.126. The van der Waals surface area contributed by atoms with Crippen LogP contribution in [0.25, 0.3) is 0 Å². The van der Waals surface area contributed by atoms with E-state index in [1.54, 1.807) is 17.5 Å². The molecule has 1 fully saturated rings. The first-order valence-corrected chi connectivity index (χ1v) is 12.2. The smallest absolute Gasteiger partial charge is 0.252 e. The predicted octanol–water partition coefficient (Wildman–Crippen LogP) is 3.59. The Labute approximate surface area is 171 Å². The normalized spacial score (nSPS) is 18.1. The first-order valence-electron chi connectivity index (χ1n) is 9.87. The van der Waals surface area contributed by atoms with Crippen molar-refractivity contribution < 1.29 is 13.2 Å². The number of carbonyl (C=O) groups is 1. The van der Waals surface area contributed by atoms with Crippen LogP contribution in [0.2, 0.25) is 0 Å². The first kappa shape index (κ1) is 21.0. The molecule has 0 spiro atoms. The summed E-state index contributed by atoms with van der Waals surface area (Å²) in [6.07, 6.45) is 3.31. The van der Waals surface area contributed by atoms with Crippen molar-refractivity contribution in [2.45, 2.75) is 50.3 Å². The predicted molar refractivity (Wildman–Crippen MR) is 113 cm³/mol. The third kappa shape index (κ3) is 4.64. The second-order valence-electron chi connectivity index (χ2n) is 7.16. The van der Waals surface area contributed by atoms with Crippen LogP contribution >= 0.6 is 11.3 Å². The van der Waals surface area contributed by atoms with E-state index in [1.807, 2.05) is 0 Å². The maximum absolute atomic E-state index is 12.8. The van der Waals surface area contributed by atoms with E-state index in [0.717, 1.165) is 24.8 Å². The molecule has 1 aromatic heterocycles. The number of nitrogens with one attached hydrogen (secondary N) is 1. The van der Waals surface area contributed by atoms with Gasteiger partial charge in [-0.1, -0.05) is 38.1 Å². The van der Waals surface area contributed by atoms with E-state index in [-0.39, 0.29) is 18.4 Å². The van der Waals surface area contributed by atoms with Crippen LogP contribution in [0.4, 0.5) is 0 Å². The second-order valence-corrected chi connectivity index (χ2v) is 10.3. The molecule has 152 valence electrons. The Bertz CT molecular complexity index is 908. The van der Waals surface area contributed by atoms with Crippen LogP contribution in [0.1, 0.15) is 43.4 Å². The van der Waals surface area contributed by atoms with E-state index in [2.05, 4.69) is 37.4 Å². The fraction of sp³-hybridized carbons (Fsp3) is 0.476. The highest BCUT2D eigenvalue weighted by atomic mass is 32.2. The molecule has 0 unspecified atom stereocenters. The molecule has 2 aromatic rings. The molecule has 0 bridgehead atoms. The van der Waals surface area contributed by atoms with Crippen LogP contribution in [0.3, 0.4) is 0 Å². The van der Waals surface area contributed by atoms with Crippen LogP contribution in [0.15, 0.2) is 39.9 Å². The summed E-state index contributed by atoms with van der Waals surface area (Å²) in [6.45, 7) is 5.45. The zero-order chi connectivity index (χ0) is 20.1. The molecule has 5 nitrogen and oxygen atoms in total. The van der Waals surface area contributed by atoms with Crippen molar-refractivity contribution in [2.75, 3.05) is 13.1 Å². The molecule has 0 saturated carbocycles. The maximum Gasteiger partial charge on any atom is 0.252 e. The Balaban J connectivity index is 1.65. The fourth-order valence-electron chi connectivity index (χ4n) is 3.65. The first-order chi connectivity index (χ1) is 13.5. The van der Waals surface area contributed by atoms with E-state index >= 15 is 0 Å². The maximum atomic E-state index is 12.8. The summed E-state index contributed by atoms with van der Waals surface area (Å²) in [5.74, 6) is -0.363. The van der Waals surface area contributed by atoms with Gasteiger partial charge in [0.25, 0.3) is 10.0 Å². The molecular formula is C21H28N2O3S2. The lowest BCUT2D eigenvalue weighted by atomic mass is 9.97. The number of rotatable bonds is 7. The van der Waals surface area contributed by atoms with Gasteiger partial charge in [-0.25, -0.2) is 8.42 Å². The number of carbonyl (C=O) groups excluding carboxylic acids is 1. The van der Waals surface area contributed by atoms with Gasteiger partial charge in [-0.3, -0.25) is 4.79 Å². The number of sulfonamides is 1. The minimum absolute atomic E-state index is 0.0602. The zero-order valence-corrected chi connectivity index (χ0v) is 18.1. The van der Waals surface area contributed by atoms with Gasteiger partial charge in [0.15, 0.2) is 0 Å². The highest BCUT2D eigenvalue weighted by Gasteiger charge is 2.33. The van der Waals surface area contributed by atoms with Crippen LogP contribution in [0, 0.1) is 5.92 Å². The molecule has 1 aromatic carbocycles. The molecule has 7 heteroatoms. The average Bonchev–Trinajstić information content (AvgIpc) is 3.27. The molecule has 2 heterocycles. The Hall–Kier alpha value is -1.70. The van der Waals surface area contributed by atoms with Crippen molar-refractivity contribution in [3.05, 3.63) is 52.4 Å². The third-order valence-corrected chi connectivity index (χ3v) is 8.60. The highest BCUT2D eigenvalue weighted by Crippen LogP contribution is 2.26. The SMILES string of the molecule is CCc1ccc(CC)c(CNC(=O)[C@@H]2CCCN(S(=O)(=O)c3cccs3)C2)c1. The van der Waals surface area contributed by atoms with Crippen molar-refractivity contribution in [1.29, 1.82) is 0 Å². The monoisotopic (exact) mass is 420 g/mol. The number of hydrogen-bond donors (Lipinski definition) is 1. The minimum Gasteiger partial charge on any atom is -0.352 e. The molecular weight excluding hydrogens is 392 g/mol. The van der Waals surface area contributed by atoms with E-state index in [0.29, 0.717) is 23.7 Å². The van der Waals surface area contributed by atoms with Gasteiger partial charge in [0.1, 0.15) is 4.21 Å². The van der Waals surface area contributed by atoms with Gasteiger partial charge in [0, 0.05) is 19.6 Å². The molecule has 0 aliphatic carbocycles. The number of thiophene rings is 1. The molecule has 1 aliphatic heterocycles. The molecule has 1 aliphatic rings. The van der Waals surface area contributed by atoms with Crippen molar-refractivity contribution in [3.63, 3.8) is 0 Å². The standard InChI is InChI=1S/C21H28N2O3S2/c1-3-16-9-10-17(4-2)19(13-16)14-22-21(24)18-7-5-11-23(15-18)28(25,26)20-8-6-12-27-20/h6,8-10,12-13,18H,3-5,7,11,14-15H2,1-2H3,(H,22,24)/t18-/m1/s1. The molecule has 1 saturated heterocycles. The Morgan fingerprint density at radius 2 is 2.04 bits per heavy atom. The molecule has 3 rings (SSSR count). The van der Waals surface area contributed by atoms with Gasteiger partial charge < -0.3 is 5.32 Å². The van der Waals surface area contributed by atoms with E-state index < -0.39 is 10.0 Å². The van der Waals surface area contributed by atoms with Gasteiger partial charge >= 0.3 is 0 Å². The van der Waals surface area contributed by atoms with Crippen LogP contribution in [-0.4, -0.2) is 31.7 Å². The van der Waals surface area contributed by atoms with Crippen molar-refractivity contribution >= 4 is 27.3 Å². The Morgan fingerprint density at radius 3 is 2.71 bits per heavy atom. The Kier molecular flexibility index (Phi) is 6.91. The number of piperidine rings is 1. The highest BCUT2D eigenvalue weighted by molar-refractivity contribution is 7.91. The summed E-state index contributed by atoms with van der Waals surface area (Å²) in [4.78, 5) is 12.8. The largest absolute Gasteiger partial charge is 0.352 e. The molecule has 1 N–H and O–H groups in total. The quantitative estimate of drug-likeness (QED) is 0.744. The van der Waals surface area contributed by atoms with Gasteiger partial charge in [-0.15, -0.1) is 11.3 Å². The van der Waals surface area contributed by atoms with Gasteiger partial charge in [0.05, 0.1) is 5.92 Å².